The van der Waals surface area contributed by atoms with Crippen LogP contribution < -0.4 is 10.6 Å². The van der Waals surface area contributed by atoms with Gasteiger partial charge in [-0.25, -0.2) is 0 Å². The van der Waals surface area contributed by atoms with Gasteiger partial charge in [0.1, 0.15) is 0 Å². The number of hydrogen-bond acceptors (Lipinski definition) is 5. The van der Waals surface area contributed by atoms with Crippen molar-refractivity contribution in [3.8, 4) is 0 Å². The summed E-state index contributed by atoms with van der Waals surface area (Å²) in [5, 5.41) is 14.6. The minimum atomic E-state index is 0.476. The molecule has 0 fully saturated rings. The van der Waals surface area contributed by atoms with E-state index >= 15 is 0 Å². The monoisotopic (exact) mass is 305 g/mol. The largest absolute Gasteiger partial charge is 0.339 e. The topological polar surface area (TPSA) is 62.7 Å². The van der Waals surface area contributed by atoms with Crippen LogP contribution in [0.3, 0.4) is 0 Å². The van der Waals surface area contributed by atoms with Crippen molar-refractivity contribution in [1.82, 2.24) is 15.2 Å². The first-order chi connectivity index (χ1) is 11.2. The lowest BCUT2D eigenvalue weighted by Crippen LogP contribution is -2.03. The van der Waals surface area contributed by atoms with Gasteiger partial charge in [-0.1, -0.05) is 37.3 Å². The molecule has 5 heteroatoms. The van der Waals surface area contributed by atoms with Gasteiger partial charge in [-0.3, -0.25) is 0 Å². The van der Waals surface area contributed by atoms with Crippen LogP contribution in [0.15, 0.2) is 54.7 Å². The summed E-state index contributed by atoms with van der Waals surface area (Å²) < 4.78 is 0. The van der Waals surface area contributed by atoms with E-state index in [2.05, 4.69) is 57.9 Å². The maximum Gasteiger partial charge on any atom is 0.249 e. The number of para-hydroxylation sites is 1. The fourth-order valence-corrected chi connectivity index (χ4v) is 2.36. The summed E-state index contributed by atoms with van der Waals surface area (Å²) in [5.74, 6) is 1.13. The number of aryl methyl sites for hydroxylation is 2. The van der Waals surface area contributed by atoms with Crippen LogP contribution in [-0.4, -0.2) is 15.2 Å². The standard InChI is InChI=1S/C18H19N5/c1-3-14-8-4-5-10-16(14)21-18-22-17(12-19-23-18)20-15-9-6-7-13(2)11-15/h4-12H,3H2,1-2H3,(H2,20,21,22,23). The van der Waals surface area contributed by atoms with E-state index in [9.17, 15) is 0 Å². The molecule has 2 aromatic carbocycles. The average molecular weight is 305 g/mol. The lowest BCUT2D eigenvalue weighted by molar-refractivity contribution is 0.980. The molecule has 0 unspecified atom stereocenters. The van der Waals surface area contributed by atoms with Gasteiger partial charge >= 0.3 is 0 Å². The summed E-state index contributed by atoms with van der Waals surface area (Å²) in [6.07, 6.45) is 2.55. The molecule has 0 spiro atoms. The second kappa shape index (κ2) is 6.87. The summed E-state index contributed by atoms with van der Waals surface area (Å²) in [7, 11) is 0. The number of anilines is 4. The van der Waals surface area contributed by atoms with E-state index in [1.165, 1.54) is 11.1 Å². The highest BCUT2D eigenvalue weighted by Crippen LogP contribution is 2.20. The third-order valence-corrected chi connectivity index (χ3v) is 3.49. The van der Waals surface area contributed by atoms with Gasteiger partial charge < -0.3 is 10.6 Å². The van der Waals surface area contributed by atoms with Crippen molar-refractivity contribution in [1.29, 1.82) is 0 Å². The van der Waals surface area contributed by atoms with Crippen molar-refractivity contribution in [3.05, 3.63) is 65.9 Å². The highest BCUT2D eigenvalue weighted by Gasteiger charge is 2.05. The van der Waals surface area contributed by atoms with Crippen LogP contribution in [0.4, 0.5) is 23.1 Å². The Labute approximate surface area is 135 Å². The van der Waals surface area contributed by atoms with Gasteiger partial charge in [0.05, 0.1) is 6.20 Å². The molecule has 23 heavy (non-hydrogen) atoms. The maximum atomic E-state index is 4.47. The number of nitrogens with zero attached hydrogens (tertiary/aromatic N) is 3. The van der Waals surface area contributed by atoms with Crippen LogP contribution in [0.5, 0.6) is 0 Å². The van der Waals surface area contributed by atoms with E-state index in [0.29, 0.717) is 11.8 Å². The average Bonchev–Trinajstić information content (AvgIpc) is 2.56. The highest BCUT2D eigenvalue weighted by atomic mass is 15.3. The summed E-state index contributed by atoms with van der Waals surface area (Å²) in [4.78, 5) is 4.47. The van der Waals surface area contributed by atoms with Crippen molar-refractivity contribution < 1.29 is 0 Å². The molecule has 0 bridgehead atoms. The minimum Gasteiger partial charge on any atom is -0.339 e. The molecule has 0 aliphatic carbocycles. The summed E-state index contributed by atoms with van der Waals surface area (Å²) in [6, 6.07) is 16.2. The van der Waals surface area contributed by atoms with Crippen molar-refractivity contribution in [2.75, 3.05) is 10.6 Å². The van der Waals surface area contributed by atoms with Crippen LogP contribution in [0, 0.1) is 6.92 Å². The Bertz CT molecular complexity index is 801. The van der Waals surface area contributed by atoms with E-state index in [1.54, 1.807) is 6.20 Å². The zero-order chi connectivity index (χ0) is 16.1. The molecule has 0 radical (unpaired) electrons. The fraction of sp³-hybridized carbons (Fsp3) is 0.167. The molecule has 2 N–H and O–H groups in total. The molecule has 1 aromatic heterocycles. The quantitative estimate of drug-likeness (QED) is 0.738. The van der Waals surface area contributed by atoms with Crippen molar-refractivity contribution in [2.24, 2.45) is 0 Å². The van der Waals surface area contributed by atoms with Gasteiger partial charge in [-0.2, -0.15) is 10.1 Å². The number of hydrogen-bond donors (Lipinski definition) is 2. The van der Waals surface area contributed by atoms with Crippen LogP contribution >= 0.6 is 0 Å². The van der Waals surface area contributed by atoms with Crippen molar-refractivity contribution in [2.45, 2.75) is 20.3 Å². The highest BCUT2D eigenvalue weighted by molar-refractivity contribution is 5.61. The number of benzene rings is 2. The zero-order valence-electron chi connectivity index (χ0n) is 13.2. The minimum absolute atomic E-state index is 0.476. The SMILES string of the molecule is CCc1ccccc1Nc1nncc(Nc2cccc(C)c2)n1. The predicted molar refractivity (Wildman–Crippen MR) is 93.4 cm³/mol. The van der Waals surface area contributed by atoms with Gasteiger partial charge in [0.2, 0.25) is 5.95 Å². The molecule has 0 atom stereocenters. The van der Waals surface area contributed by atoms with Gasteiger partial charge in [0.15, 0.2) is 5.82 Å². The Morgan fingerprint density at radius 1 is 1.00 bits per heavy atom. The molecule has 0 amide bonds. The first-order valence-electron chi connectivity index (χ1n) is 7.63. The number of aromatic nitrogens is 3. The Morgan fingerprint density at radius 2 is 1.87 bits per heavy atom. The molecular weight excluding hydrogens is 286 g/mol. The van der Waals surface area contributed by atoms with Gasteiger partial charge in [0.25, 0.3) is 0 Å². The second-order valence-electron chi connectivity index (χ2n) is 5.30. The van der Waals surface area contributed by atoms with E-state index < -0.39 is 0 Å². The Kier molecular flexibility index (Phi) is 4.47. The number of nitrogens with one attached hydrogen (secondary N) is 2. The first kappa shape index (κ1) is 15.0. The lowest BCUT2D eigenvalue weighted by Gasteiger charge is -2.10. The Balaban J connectivity index is 1.80. The third kappa shape index (κ3) is 3.83. The molecule has 1 heterocycles. The summed E-state index contributed by atoms with van der Waals surface area (Å²) in [6.45, 7) is 4.17. The van der Waals surface area contributed by atoms with Crippen LogP contribution in [0.2, 0.25) is 0 Å². The summed E-state index contributed by atoms with van der Waals surface area (Å²) in [5.41, 5.74) is 4.38. The molecule has 0 saturated heterocycles. The molecule has 3 aromatic rings. The van der Waals surface area contributed by atoms with Gasteiger partial charge in [-0.15, -0.1) is 5.10 Å². The van der Waals surface area contributed by atoms with Crippen LogP contribution in [0.25, 0.3) is 0 Å². The molecule has 116 valence electrons. The first-order valence-corrected chi connectivity index (χ1v) is 7.63. The lowest BCUT2D eigenvalue weighted by atomic mass is 10.1. The Morgan fingerprint density at radius 3 is 2.70 bits per heavy atom. The van der Waals surface area contributed by atoms with Gasteiger partial charge in [0, 0.05) is 11.4 Å². The molecule has 0 aliphatic rings. The third-order valence-electron chi connectivity index (χ3n) is 3.49. The summed E-state index contributed by atoms with van der Waals surface area (Å²) >= 11 is 0. The molecule has 5 nitrogen and oxygen atoms in total. The normalized spacial score (nSPS) is 10.3. The molecular formula is C18H19N5. The van der Waals surface area contributed by atoms with Crippen LogP contribution in [0.1, 0.15) is 18.1 Å². The molecule has 0 saturated carbocycles. The van der Waals surface area contributed by atoms with E-state index in [-0.39, 0.29) is 0 Å². The van der Waals surface area contributed by atoms with Gasteiger partial charge in [-0.05, 0) is 42.7 Å². The molecule has 3 rings (SSSR count). The second-order valence-corrected chi connectivity index (χ2v) is 5.30. The van der Waals surface area contributed by atoms with Crippen molar-refractivity contribution >= 4 is 23.1 Å². The van der Waals surface area contributed by atoms with Crippen molar-refractivity contribution in [3.63, 3.8) is 0 Å². The number of rotatable bonds is 5. The Hall–Kier alpha value is -2.95. The van der Waals surface area contributed by atoms with E-state index in [0.717, 1.165) is 17.8 Å². The zero-order valence-corrected chi connectivity index (χ0v) is 13.2. The fourth-order valence-electron chi connectivity index (χ4n) is 2.36. The smallest absolute Gasteiger partial charge is 0.249 e. The van der Waals surface area contributed by atoms with Crippen LogP contribution in [-0.2, 0) is 6.42 Å². The maximum absolute atomic E-state index is 4.47. The van der Waals surface area contributed by atoms with E-state index in [4.69, 9.17) is 0 Å². The van der Waals surface area contributed by atoms with E-state index in [1.807, 2.05) is 30.3 Å². The molecule has 0 aliphatic heterocycles. The predicted octanol–water partition coefficient (Wildman–Crippen LogP) is 4.23.